The fourth-order valence-corrected chi connectivity index (χ4v) is 7.36. The van der Waals surface area contributed by atoms with Crippen LogP contribution in [0.5, 0.6) is 0 Å². The van der Waals surface area contributed by atoms with E-state index in [4.69, 9.17) is 23.7 Å². The maximum absolute atomic E-state index is 13.2. The molecule has 3 saturated heterocycles. The summed E-state index contributed by atoms with van der Waals surface area (Å²) in [6.45, 7) is 18.2. The number of aliphatic hydroxyl groups is 1. The van der Waals surface area contributed by atoms with Crippen molar-refractivity contribution in [1.82, 2.24) is 15.5 Å². The molecule has 0 saturated carbocycles. The lowest BCUT2D eigenvalue weighted by atomic mass is 9.79. The number of Topliss-reactive ketones (excluding diaryl/α,β-unsaturated/α-hetero) is 1. The van der Waals surface area contributed by atoms with Gasteiger partial charge in [0, 0.05) is 37.5 Å². The van der Waals surface area contributed by atoms with Gasteiger partial charge in [-0.25, -0.2) is 4.79 Å². The summed E-state index contributed by atoms with van der Waals surface area (Å²) < 4.78 is 30.7. The van der Waals surface area contributed by atoms with Gasteiger partial charge in [0.2, 0.25) is 0 Å². The molecule has 12 heteroatoms. The van der Waals surface area contributed by atoms with Crippen molar-refractivity contribution < 1.29 is 43.2 Å². The van der Waals surface area contributed by atoms with E-state index < -0.39 is 53.9 Å². The largest absolute Gasteiger partial charge is 0.458 e. The Labute approximate surface area is 275 Å². The van der Waals surface area contributed by atoms with Gasteiger partial charge in [0.1, 0.15) is 18.0 Å². The lowest BCUT2D eigenvalue weighted by molar-refractivity contribution is -0.295. The number of nitrogens with zero attached hydrogens (tertiary/aromatic N) is 1. The van der Waals surface area contributed by atoms with E-state index in [2.05, 4.69) is 24.1 Å². The standard InChI is InChI=1S/C34H59N3O9/c1-11-23-17-24(37(9)10)28(40)31(43-23)45-30-21(5)25(38)15-14-16-42-33(30,7)18-20(4)19-35-22(6)29-34(8,46-32(41)36-29)26(12-2)44-27(39)13-3/h11,20-24,26,28-31,35,40H,1,12-19H2,2-10H3,(H,36,41)/t20-,21+,22-,23?,24?,26-,28?,29-,30-,31+,33?,34-/m1/s1. The van der Waals surface area contributed by atoms with E-state index in [1.807, 2.05) is 46.7 Å². The minimum Gasteiger partial charge on any atom is -0.458 e. The number of ether oxygens (including phenoxy) is 5. The van der Waals surface area contributed by atoms with Gasteiger partial charge >= 0.3 is 12.1 Å². The van der Waals surface area contributed by atoms with Gasteiger partial charge in [0.25, 0.3) is 0 Å². The lowest BCUT2D eigenvalue weighted by Crippen LogP contribution is -2.60. The Morgan fingerprint density at radius 2 is 1.96 bits per heavy atom. The first-order valence-corrected chi connectivity index (χ1v) is 17.0. The first-order valence-electron chi connectivity index (χ1n) is 17.0. The number of cyclic esters (lactones) is 1. The zero-order valence-electron chi connectivity index (χ0n) is 29.4. The topological polar surface area (TPSA) is 145 Å². The molecule has 264 valence electrons. The number of esters is 1. The number of aliphatic hydroxyl groups excluding tert-OH is 1. The Kier molecular flexibility index (Phi) is 13.6. The smallest absolute Gasteiger partial charge is 0.408 e. The van der Waals surface area contributed by atoms with Gasteiger partial charge in [-0.15, -0.1) is 6.58 Å². The van der Waals surface area contributed by atoms with E-state index in [1.165, 1.54) is 0 Å². The highest BCUT2D eigenvalue weighted by Crippen LogP contribution is 2.38. The number of carbonyl (C=O) groups excluding carboxylic acids is 3. The molecule has 0 spiro atoms. The molecule has 3 aliphatic heterocycles. The molecule has 3 rings (SSSR count). The summed E-state index contributed by atoms with van der Waals surface area (Å²) in [7, 11) is 3.82. The van der Waals surface area contributed by atoms with Crippen LogP contribution in [0.15, 0.2) is 12.7 Å². The fraction of sp³-hybridized carbons (Fsp3) is 0.853. The van der Waals surface area contributed by atoms with Crippen molar-refractivity contribution in [3.8, 4) is 0 Å². The Morgan fingerprint density at radius 1 is 1.26 bits per heavy atom. The molecule has 0 radical (unpaired) electrons. The maximum atomic E-state index is 13.2. The molecule has 0 aliphatic carbocycles. The number of likely N-dealkylation sites (N-methyl/N-ethyl adjacent to an activating group) is 1. The van der Waals surface area contributed by atoms with Crippen molar-refractivity contribution in [3.05, 3.63) is 12.7 Å². The highest BCUT2D eigenvalue weighted by Gasteiger charge is 2.54. The molecular weight excluding hydrogens is 594 g/mol. The van der Waals surface area contributed by atoms with Crippen LogP contribution in [0.1, 0.15) is 87.0 Å². The predicted octanol–water partition coefficient (Wildman–Crippen LogP) is 3.34. The molecule has 12 atom stereocenters. The molecule has 1 amide bonds. The van der Waals surface area contributed by atoms with Crippen LogP contribution in [0.4, 0.5) is 4.79 Å². The van der Waals surface area contributed by atoms with E-state index >= 15 is 0 Å². The third-order valence-corrected chi connectivity index (χ3v) is 10.0. The molecular formula is C34H59N3O9. The fourth-order valence-electron chi connectivity index (χ4n) is 7.36. The van der Waals surface area contributed by atoms with Gasteiger partial charge in [0.05, 0.1) is 23.9 Å². The van der Waals surface area contributed by atoms with E-state index in [-0.39, 0.29) is 42.3 Å². The van der Waals surface area contributed by atoms with E-state index in [0.717, 1.165) is 0 Å². The summed E-state index contributed by atoms with van der Waals surface area (Å²) in [6, 6.07) is -0.880. The molecule has 3 heterocycles. The van der Waals surface area contributed by atoms with Crippen LogP contribution in [-0.2, 0) is 33.3 Å². The van der Waals surface area contributed by atoms with Crippen molar-refractivity contribution in [3.63, 3.8) is 0 Å². The number of amides is 1. The zero-order chi connectivity index (χ0) is 34.4. The van der Waals surface area contributed by atoms with Gasteiger partial charge in [-0.3, -0.25) is 9.59 Å². The van der Waals surface area contributed by atoms with Crippen LogP contribution in [0.25, 0.3) is 0 Å². The quantitative estimate of drug-likeness (QED) is 0.188. The van der Waals surface area contributed by atoms with Crippen molar-refractivity contribution in [1.29, 1.82) is 0 Å². The van der Waals surface area contributed by atoms with Crippen molar-refractivity contribution >= 4 is 17.8 Å². The summed E-state index contributed by atoms with van der Waals surface area (Å²) in [6.07, 6.45) is 0.590. The lowest BCUT2D eigenvalue weighted by Gasteiger charge is -2.47. The van der Waals surface area contributed by atoms with E-state index in [1.54, 1.807) is 19.9 Å². The van der Waals surface area contributed by atoms with Crippen LogP contribution >= 0.6 is 0 Å². The van der Waals surface area contributed by atoms with Crippen LogP contribution < -0.4 is 10.6 Å². The second-order valence-electron chi connectivity index (χ2n) is 14.1. The minimum atomic E-state index is -1.05. The van der Waals surface area contributed by atoms with Gasteiger partial charge < -0.3 is 44.3 Å². The monoisotopic (exact) mass is 653 g/mol. The zero-order valence-corrected chi connectivity index (χ0v) is 29.4. The number of ketones is 1. The summed E-state index contributed by atoms with van der Waals surface area (Å²) in [5, 5.41) is 17.7. The van der Waals surface area contributed by atoms with Gasteiger partial charge in [0.15, 0.2) is 11.9 Å². The van der Waals surface area contributed by atoms with Gasteiger partial charge in [-0.2, -0.15) is 0 Å². The minimum absolute atomic E-state index is 0.0529. The van der Waals surface area contributed by atoms with Crippen molar-refractivity contribution in [2.45, 2.75) is 147 Å². The first kappa shape index (κ1) is 38.4. The van der Waals surface area contributed by atoms with Crippen LogP contribution in [-0.4, -0.2) is 115 Å². The number of rotatable bonds is 14. The van der Waals surface area contributed by atoms with E-state index in [0.29, 0.717) is 45.3 Å². The maximum Gasteiger partial charge on any atom is 0.408 e. The molecule has 12 nitrogen and oxygen atoms in total. The summed E-state index contributed by atoms with van der Waals surface area (Å²) >= 11 is 0. The molecule has 3 fully saturated rings. The molecule has 0 aromatic rings. The summed E-state index contributed by atoms with van der Waals surface area (Å²) in [5.41, 5.74) is -1.91. The second kappa shape index (κ2) is 16.3. The first-order chi connectivity index (χ1) is 21.6. The molecule has 4 unspecified atom stereocenters. The molecule has 0 bridgehead atoms. The number of hydrogen-bond donors (Lipinski definition) is 3. The van der Waals surface area contributed by atoms with Crippen LogP contribution in [0.3, 0.4) is 0 Å². The summed E-state index contributed by atoms with van der Waals surface area (Å²) in [4.78, 5) is 39.8. The Hall–Kier alpha value is -2.09. The SMILES string of the molecule is C=CC1CC(N(C)C)C(O)[C@H](O[C@@H]2[C@@H](C)C(=O)CCCOC2(C)C[C@@H](C)CN[C@H](C)[C@H]2NC(=O)O[C@]2(C)[C@@H](CC)OC(=O)CC)O1. The summed E-state index contributed by atoms with van der Waals surface area (Å²) in [5.74, 6) is -0.675. The average Bonchev–Trinajstić information content (AvgIpc) is 3.33. The number of nitrogens with one attached hydrogen (secondary N) is 2. The predicted molar refractivity (Wildman–Crippen MR) is 173 cm³/mol. The molecule has 3 N–H and O–H groups in total. The highest BCUT2D eigenvalue weighted by molar-refractivity contribution is 5.81. The normalized spacial score (nSPS) is 37.4. The van der Waals surface area contributed by atoms with Crippen molar-refractivity contribution in [2.75, 3.05) is 27.2 Å². The van der Waals surface area contributed by atoms with E-state index in [9.17, 15) is 19.5 Å². The highest BCUT2D eigenvalue weighted by atomic mass is 16.7. The van der Waals surface area contributed by atoms with Crippen LogP contribution in [0.2, 0.25) is 0 Å². The molecule has 0 aromatic carbocycles. The molecule has 46 heavy (non-hydrogen) atoms. The number of alkyl carbamates (subject to hydrolysis) is 1. The number of carbonyl (C=O) groups is 3. The number of hydrogen-bond acceptors (Lipinski definition) is 11. The van der Waals surface area contributed by atoms with Crippen molar-refractivity contribution in [2.24, 2.45) is 11.8 Å². The van der Waals surface area contributed by atoms with Gasteiger partial charge in [-0.05, 0) is 73.0 Å². The average molecular weight is 654 g/mol. The Morgan fingerprint density at radius 3 is 2.57 bits per heavy atom. The van der Waals surface area contributed by atoms with Gasteiger partial charge in [-0.1, -0.05) is 33.8 Å². The second-order valence-corrected chi connectivity index (χ2v) is 14.1. The third kappa shape index (κ3) is 8.87. The van der Waals surface area contributed by atoms with Crippen LogP contribution in [0, 0.1) is 11.8 Å². The molecule has 3 aliphatic rings. The Bertz CT molecular complexity index is 1060. The third-order valence-electron chi connectivity index (χ3n) is 10.0. The Balaban J connectivity index is 1.76. The molecule has 0 aromatic heterocycles.